The number of rotatable bonds is 10. The third kappa shape index (κ3) is 10.1. The molecule has 346 valence electrons. The monoisotopic (exact) mass is 855 g/mol. The summed E-state index contributed by atoms with van der Waals surface area (Å²) in [5.74, 6) is 10.9. The van der Waals surface area contributed by atoms with E-state index in [4.69, 9.17) is 14.7 Å². The summed E-state index contributed by atoms with van der Waals surface area (Å²) in [7, 11) is -2.62. The van der Waals surface area contributed by atoms with Gasteiger partial charge in [-0.2, -0.15) is 0 Å². The van der Waals surface area contributed by atoms with Crippen LogP contribution in [0.3, 0.4) is 0 Å². The first-order valence-electron chi connectivity index (χ1n) is 25.9. The first kappa shape index (κ1) is 49.2. The topological polar surface area (TPSA) is 101 Å². The lowest BCUT2D eigenvalue weighted by atomic mass is 9.47. The van der Waals surface area contributed by atoms with Gasteiger partial charge in [-0.1, -0.05) is 131 Å². The van der Waals surface area contributed by atoms with Crippen LogP contribution in [0, 0.1) is 92.7 Å². The zero-order valence-electron chi connectivity index (χ0n) is 40.5. The minimum Gasteiger partial charge on any atom is -0.393 e. The molecule has 5 nitrogen and oxygen atoms in total. The minimum atomic E-state index is -2.62. The maximum Gasteiger partial charge on any atom is 0.324 e. The van der Waals surface area contributed by atoms with Gasteiger partial charge in [0.05, 0.1) is 12.2 Å². The second-order valence-electron chi connectivity index (χ2n) is 24.6. The van der Waals surface area contributed by atoms with Gasteiger partial charge >= 0.3 is 8.60 Å². The molecule has 0 heterocycles. The molecule has 0 aliphatic heterocycles. The molecule has 8 aliphatic rings. The number of hydrogen-bond acceptors (Lipinski definition) is 5. The SMILES string of the molecule is CC(C)CCC[C@@H](C)[C@H]1CC[C@H]2[C@@H]3CC=C4C[C@@H](O)CC[C@]4(C)[C@H]3CC[C@]12C.CC(C)CCC[C@@H](C)[C@H]1CC[C@H]2[C@@H]3CC=C4C[C@@H](O)CC[C@]4(C)[C@H]3CC[C@]12C.OP(O)O. The molecule has 0 amide bonds. The molecule has 8 rings (SSSR count). The standard InChI is InChI=1S/2C27H46O.H3O3P/c2*1-18(2)7-6-8-19(3)23-11-12-24-22-10-9-20-17-21(28)13-15-26(20,4)25(22)14-16-27(23,24)5;1-4(2)3/h2*9,18-19,21-25,28H,6-8,10-17H2,1-5H3;1-3H/t2*19-,21+,22+,23-,24+,25+,26+,27-;/m11./s1. The summed E-state index contributed by atoms with van der Waals surface area (Å²) in [6, 6.07) is 0. The lowest BCUT2D eigenvalue weighted by Gasteiger charge is -2.58. The number of allylic oxidation sites excluding steroid dienone is 2. The maximum atomic E-state index is 10.2. The molecular formula is C54H95O5P. The van der Waals surface area contributed by atoms with E-state index in [0.29, 0.717) is 21.7 Å². The van der Waals surface area contributed by atoms with Crippen molar-refractivity contribution in [2.24, 2.45) is 92.7 Å². The van der Waals surface area contributed by atoms with Crippen LogP contribution in [0.25, 0.3) is 0 Å². The predicted octanol–water partition coefficient (Wildman–Crippen LogP) is 14.0. The molecule has 0 spiro atoms. The number of fused-ring (bicyclic) bond motifs is 10. The smallest absolute Gasteiger partial charge is 0.324 e. The summed E-state index contributed by atoms with van der Waals surface area (Å²) in [6.07, 6.45) is 34.3. The van der Waals surface area contributed by atoms with Crippen molar-refractivity contribution in [2.45, 2.75) is 223 Å². The molecule has 5 N–H and O–H groups in total. The van der Waals surface area contributed by atoms with Crippen molar-refractivity contribution in [1.29, 1.82) is 0 Å². The van der Waals surface area contributed by atoms with E-state index in [2.05, 4.69) is 81.4 Å². The molecule has 6 fully saturated rings. The average molecular weight is 855 g/mol. The van der Waals surface area contributed by atoms with Crippen molar-refractivity contribution in [3.05, 3.63) is 23.3 Å². The Balaban J connectivity index is 0.000000185. The third-order valence-electron chi connectivity index (χ3n) is 20.6. The van der Waals surface area contributed by atoms with Gasteiger partial charge in [-0.15, -0.1) is 0 Å². The summed E-state index contributed by atoms with van der Waals surface area (Å²) in [4.78, 5) is 21.7. The van der Waals surface area contributed by atoms with E-state index in [0.717, 1.165) is 96.7 Å². The maximum absolute atomic E-state index is 10.2. The highest BCUT2D eigenvalue weighted by molar-refractivity contribution is 7.38. The van der Waals surface area contributed by atoms with Crippen LogP contribution in [-0.4, -0.2) is 37.1 Å². The van der Waals surface area contributed by atoms with E-state index >= 15 is 0 Å². The van der Waals surface area contributed by atoms with Crippen LogP contribution in [0.5, 0.6) is 0 Å². The molecule has 16 atom stereocenters. The Bertz CT molecular complexity index is 1350. The van der Waals surface area contributed by atoms with E-state index in [9.17, 15) is 10.2 Å². The summed E-state index contributed by atoms with van der Waals surface area (Å²) < 4.78 is 0. The van der Waals surface area contributed by atoms with Crippen LogP contribution in [-0.2, 0) is 0 Å². The number of aliphatic hydroxyl groups excluding tert-OH is 2. The molecule has 6 saturated carbocycles. The van der Waals surface area contributed by atoms with E-state index in [1.807, 2.05) is 0 Å². The van der Waals surface area contributed by atoms with Gasteiger partial charge in [0.25, 0.3) is 0 Å². The Kier molecular flexibility index (Phi) is 16.4. The van der Waals surface area contributed by atoms with Crippen molar-refractivity contribution in [1.82, 2.24) is 0 Å². The molecule has 0 unspecified atom stereocenters. The quantitative estimate of drug-likeness (QED) is 0.111. The molecule has 0 radical (unpaired) electrons. The van der Waals surface area contributed by atoms with Crippen LogP contribution < -0.4 is 0 Å². The predicted molar refractivity (Wildman–Crippen MR) is 252 cm³/mol. The fourth-order valence-electron chi connectivity index (χ4n) is 17.3. The Morgan fingerprint density at radius 1 is 0.517 bits per heavy atom. The Morgan fingerprint density at radius 3 is 1.23 bits per heavy atom. The summed E-state index contributed by atoms with van der Waals surface area (Å²) in [6.45, 7) is 25.1. The normalized spacial score (nSPS) is 44.0. The molecule has 0 aromatic rings. The zero-order valence-corrected chi connectivity index (χ0v) is 41.4. The highest BCUT2D eigenvalue weighted by Gasteiger charge is 2.60. The molecule has 0 aromatic heterocycles. The van der Waals surface area contributed by atoms with Crippen molar-refractivity contribution in [3.63, 3.8) is 0 Å². The van der Waals surface area contributed by atoms with Crippen molar-refractivity contribution in [2.75, 3.05) is 0 Å². The molecule has 0 saturated heterocycles. The minimum absolute atomic E-state index is 0.0766. The fraction of sp³-hybridized carbons (Fsp3) is 0.926. The van der Waals surface area contributed by atoms with Gasteiger partial charge in [0, 0.05) is 0 Å². The third-order valence-corrected chi connectivity index (χ3v) is 20.6. The molecule has 60 heavy (non-hydrogen) atoms. The summed E-state index contributed by atoms with van der Waals surface area (Å²) in [5.41, 5.74) is 5.21. The molecule has 0 aromatic carbocycles. The van der Waals surface area contributed by atoms with Gasteiger partial charge in [0.15, 0.2) is 0 Å². The van der Waals surface area contributed by atoms with Crippen molar-refractivity contribution in [3.8, 4) is 0 Å². The molecular weight excluding hydrogens is 760 g/mol. The van der Waals surface area contributed by atoms with Crippen LogP contribution in [0.1, 0.15) is 210 Å². The lowest BCUT2D eigenvalue weighted by Crippen LogP contribution is -2.50. The van der Waals surface area contributed by atoms with Crippen LogP contribution in [0.15, 0.2) is 23.3 Å². The van der Waals surface area contributed by atoms with Gasteiger partial charge < -0.3 is 24.9 Å². The Morgan fingerprint density at radius 2 is 0.883 bits per heavy atom. The molecule has 8 aliphatic carbocycles. The lowest BCUT2D eigenvalue weighted by molar-refractivity contribution is -0.0573. The average Bonchev–Trinajstić information content (AvgIpc) is 3.72. The molecule has 6 heteroatoms. The van der Waals surface area contributed by atoms with E-state index < -0.39 is 8.60 Å². The highest BCUT2D eigenvalue weighted by Crippen LogP contribution is 2.69. The van der Waals surface area contributed by atoms with E-state index in [1.165, 1.54) is 116 Å². The fourth-order valence-corrected chi connectivity index (χ4v) is 17.3. The van der Waals surface area contributed by atoms with Crippen molar-refractivity contribution >= 4 is 8.60 Å². The van der Waals surface area contributed by atoms with E-state index in [-0.39, 0.29) is 12.2 Å². The van der Waals surface area contributed by atoms with Gasteiger partial charge in [0.2, 0.25) is 0 Å². The zero-order chi connectivity index (χ0) is 43.8. The Labute approximate surface area is 370 Å². The van der Waals surface area contributed by atoms with Gasteiger partial charge in [-0.3, -0.25) is 0 Å². The van der Waals surface area contributed by atoms with Gasteiger partial charge in [0.1, 0.15) is 0 Å². The van der Waals surface area contributed by atoms with Crippen LogP contribution in [0.4, 0.5) is 0 Å². The van der Waals surface area contributed by atoms with Gasteiger partial charge in [-0.25, -0.2) is 0 Å². The van der Waals surface area contributed by atoms with Crippen LogP contribution in [0.2, 0.25) is 0 Å². The van der Waals surface area contributed by atoms with Crippen molar-refractivity contribution < 1.29 is 24.9 Å². The molecule has 0 bridgehead atoms. The largest absolute Gasteiger partial charge is 0.393 e. The first-order chi connectivity index (χ1) is 28.2. The van der Waals surface area contributed by atoms with Crippen LogP contribution >= 0.6 is 8.60 Å². The van der Waals surface area contributed by atoms with E-state index in [1.54, 1.807) is 11.1 Å². The second kappa shape index (κ2) is 20.1. The summed E-state index contributed by atoms with van der Waals surface area (Å²) in [5, 5.41) is 20.4. The summed E-state index contributed by atoms with van der Waals surface area (Å²) >= 11 is 0. The Hall–Kier alpha value is -0.290. The highest BCUT2D eigenvalue weighted by atomic mass is 31.2. The number of hydrogen-bond donors (Lipinski definition) is 5. The van der Waals surface area contributed by atoms with Gasteiger partial charge in [-0.05, 0) is 195 Å². The number of aliphatic hydroxyl groups is 2. The first-order valence-corrected chi connectivity index (χ1v) is 27.1. The second-order valence-corrected chi connectivity index (χ2v) is 25.2.